The summed E-state index contributed by atoms with van der Waals surface area (Å²) in [5.41, 5.74) is 0.00610. The van der Waals surface area contributed by atoms with E-state index in [1.165, 1.54) is 23.2 Å². The largest absolute Gasteiger partial charge is 0.487 e. The molecule has 2 heterocycles. The number of halogens is 2. The third kappa shape index (κ3) is 4.27. The van der Waals surface area contributed by atoms with Crippen LogP contribution < -0.4 is 10.1 Å². The monoisotopic (exact) mass is 315 g/mol. The zero-order chi connectivity index (χ0) is 16.1. The molecule has 0 aliphatic carbocycles. The van der Waals surface area contributed by atoms with E-state index in [1.54, 1.807) is 0 Å². The molecule has 0 bridgehead atoms. The summed E-state index contributed by atoms with van der Waals surface area (Å²) in [6.45, 7) is -0.0562. The van der Waals surface area contributed by atoms with E-state index in [0.717, 1.165) is 0 Å². The van der Waals surface area contributed by atoms with Crippen LogP contribution >= 0.6 is 0 Å². The van der Waals surface area contributed by atoms with Crippen molar-refractivity contribution in [1.29, 1.82) is 0 Å². The Morgan fingerprint density at radius 3 is 2.82 bits per heavy atom. The fourth-order valence-corrected chi connectivity index (χ4v) is 2.04. The molecule has 2 amide bonds. The molecule has 1 aliphatic rings. The minimum Gasteiger partial charge on any atom is -0.487 e. The second-order valence-corrected chi connectivity index (χ2v) is 4.74. The first-order valence-corrected chi connectivity index (χ1v) is 6.62. The first kappa shape index (κ1) is 15.9. The zero-order valence-electron chi connectivity index (χ0n) is 11.5. The normalized spacial score (nSPS) is 17.6. The molecule has 1 atom stereocenters. The number of carbonyl (C=O) groups excluding carboxylic acids is 1. The lowest BCUT2D eigenvalue weighted by molar-refractivity contribution is 0.0886. The Morgan fingerprint density at radius 1 is 1.50 bits per heavy atom. The molecule has 120 valence electrons. The number of aromatic nitrogens is 1. The van der Waals surface area contributed by atoms with Gasteiger partial charge in [-0.25, -0.2) is 18.6 Å². The Morgan fingerprint density at radius 2 is 2.27 bits per heavy atom. The van der Waals surface area contributed by atoms with Crippen molar-refractivity contribution in [2.45, 2.75) is 19.0 Å². The van der Waals surface area contributed by atoms with Crippen LogP contribution in [0.1, 0.15) is 16.9 Å². The maximum atomic E-state index is 12.0. The summed E-state index contributed by atoms with van der Waals surface area (Å²) < 4.78 is 29.5. The summed E-state index contributed by atoms with van der Waals surface area (Å²) in [5.74, 6) is -0.299. The molecule has 22 heavy (non-hydrogen) atoms. The van der Waals surface area contributed by atoms with Crippen LogP contribution in [0.2, 0.25) is 0 Å². The van der Waals surface area contributed by atoms with Crippen LogP contribution in [0.15, 0.2) is 18.3 Å². The molecule has 1 aliphatic heterocycles. The standard InChI is InChI=1S/C13H15F2N3O4/c14-11(15)6-17-12(19)10-2-1-8(5-16-10)22-9-3-4-18(7-9)13(20)21/h1-2,5,9,11H,3-4,6-7H2,(H,17,19)(H,20,21)/t9-/m1/s1. The molecule has 1 saturated heterocycles. The Balaban J connectivity index is 1.87. The fraction of sp³-hybridized carbons (Fsp3) is 0.462. The lowest BCUT2D eigenvalue weighted by Gasteiger charge is -2.14. The Bertz CT molecular complexity index is 539. The van der Waals surface area contributed by atoms with Crippen LogP contribution in [0.4, 0.5) is 13.6 Å². The van der Waals surface area contributed by atoms with Crippen LogP contribution in [-0.4, -0.2) is 59.2 Å². The first-order chi connectivity index (χ1) is 10.5. The van der Waals surface area contributed by atoms with E-state index >= 15 is 0 Å². The van der Waals surface area contributed by atoms with Crippen LogP contribution in [0.5, 0.6) is 5.75 Å². The van der Waals surface area contributed by atoms with Crippen molar-refractivity contribution in [1.82, 2.24) is 15.2 Å². The Labute approximate surface area is 124 Å². The number of ether oxygens (including phenoxy) is 1. The molecule has 7 nitrogen and oxygen atoms in total. The summed E-state index contributed by atoms with van der Waals surface area (Å²) in [5, 5.41) is 10.9. The minimum absolute atomic E-state index is 0.00610. The van der Waals surface area contributed by atoms with E-state index in [9.17, 15) is 18.4 Å². The predicted octanol–water partition coefficient (Wildman–Crippen LogP) is 1.21. The number of likely N-dealkylation sites (tertiary alicyclic amines) is 1. The number of carbonyl (C=O) groups is 2. The van der Waals surface area contributed by atoms with Crippen molar-refractivity contribution >= 4 is 12.0 Å². The first-order valence-electron chi connectivity index (χ1n) is 6.62. The van der Waals surface area contributed by atoms with Gasteiger partial charge in [-0.3, -0.25) is 4.79 Å². The van der Waals surface area contributed by atoms with E-state index < -0.39 is 25.0 Å². The SMILES string of the molecule is O=C(NCC(F)F)c1ccc(O[C@@H]2CCN(C(=O)O)C2)cn1. The maximum Gasteiger partial charge on any atom is 0.407 e. The van der Waals surface area contributed by atoms with Gasteiger partial charge in [0.2, 0.25) is 0 Å². The quantitative estimate of drug-likeness (QED) is 0.852. The van der Waals surface area contributed by atoms with E-state index in [1.807, 2.05) is 5.32 Å². The highest BCUT2D eigenvalue weighted by Crippen LogP contribution is 2.18. The topological polar surface area (TPSA) is 91.8 Å². The maximum absolute atomic E-state index is 12.0. The number of alkyl halides is 2. The number of nitrogens with one attached hydrogen (secondary N) is 1. The Hall–Kier alpha value is -2.45. The summed E-state index contributed by atoms with van der Waals surface area (Å²) in [6.07, 6.45) is -2.00. The molecule has 2 rings (SSSR count). The van der Waals surface area contributed by atoms with E-state index in [0.29, 0.717) is 18.7 Å². The number of amides is 2. The molecule has 0 spiro atoms. The van der Waals surface area contributed by atoms with Crippen molar-refractivity contribution in [3.05, 3.63) is 24.0 Å². The summed E-state index contributed by atoms with van der Waals surface area (Å²) in [7, 11) is 0. The highest BCUT2D eigenvalue weighted by molar-refractivity contribution is 5.92. The third-order valence-electron chi connectivity index (χ3n) is 3.10. The number of rotatable bonds is 5. The van der Waals surface area contributed by atoms with Crippen LogP contribution in [-0.2, 0) is 0 Å². The summed E-state index contributed by atoms with van der Waals surface area (Å²) in [6, 6.07) is 2.85. The minimum atomic E-state index is -2.62. The van der Waals surface area contributed by atoms with Crippen LogP contribution in [0.25, 0.3) is 0 Å². The highest BCUT2D eigenvalue weighted by atomic mass is 19.3. The number of carboxylic acid groups (broad SMARTS) is 1. The average molecular weight is 315 g/mol. The molecule has 0 unspecified atom stereocenters. The van der Waals surface area contributed by atoms with Gasteiger partial charge in [-0.1, -0.05) is 0 Å². The molecular formula is C13H15F2N3O4. The van der Waals surface area contributed by atoms with Gasteiger partial charge in [0.15, 0.2) is 0 Å². The van der Waals surface area contributed by atoms with Gasteiger partial charge >= 0.3 is 6.09 Å². The second kappa shape index (κ2) is 7.01. The molecule has 1 fully saturated rings. The average Bonchev–Trinajstić information content (AvgIpc) is 2.94. The molecule has 0 radical (unpaired) electrons. The van der Waals surface area contributed by atoms with Gasteiger partial charge in [0.1, 0.15) is 17.5 Å². The van der Waals surface area contributed by atoms with Gasteiger partial charge in [0, 0.05) is 13.0 Å². The van der Waals surface area contributed by atoms with Crippen molar-refractivity contribution in [2.24, 2.45) is 0 Å². The summed E-state index contributed by atoms with van der Waals surface area (Å²) >= 11 is 0. The van der Waals surface area contributed by atoms with Crippen molar-refractivity contribution in [3.63, 3.8) is 0 Å². The van der Waals surface area contributed by atoms with E-state index in [-0.39, 0.29) is 18.3 Å². The summed E-state index contributed by atoms with van der Waals surface area (Å²) in [4.78, 5) is 27.4. The van der Waals surface area contributed by atoms with Crippen LogP contribution in [0.3, 0.4) is 0 Å². The Kier molecular flexibility index (Phi) is 5.08. The fourth-order valence-electron chi connectivity index (χ4n) is 2.04. The third-order valence-corrected chi connectivity index (χ3v) is 3.10. The van der Waals surface area contributed by atoms with Crippen LogP contribution in [0, 0.1) is 0 Å². The smallest absolute Gasteiger partial charge is 0.407 e. The molecule has 2 N–H and O–H groups in total. The number of hydrogen-bond acceptors (Lipinski definition) is 4. The van der Waals surface area contributed by atoms with Gasteiger partial charge in [0.05, 0.1) is 19.3 Å². The zero-order valence-corrected chi connectivity index (χ0v) is 11.5. The van der Waals surface area contributed by atoms with Crippen molar-refractivity contribution in [2.75, 3.05) is 19.6 Å². The number of pyridine rings is 1. The van der Waals surface area contributed by atoms with Crippen molar-refractivity contribution in [3.8, 4) is 5.75 Å². The molecule has 1 aromatic rings. The number of hydrogen-bond donors (Lipinski definition) is 2. The van der Waals surface area contributed by atoms with Gasteiger partial charge < -0.3 is 20.1 Å². The molecule has 1 aromatic heterocycles. The van der Waals surface area contributed by atoms with Crippen molar-refractivity contribution < 1.29 is 28.2 Å². The van der Waals surface area contributed by atoms with Gasteiger partial charge in [0.25, 0.3) is 12.3 Å². The lowest BCUT2D eigenvalue weighted by Crippen LogP contribution is -2.29. The van der Waals surface area contributed by atoms with Gasteiger partial charge in [-0.05, 0) is 12.1 Å². The van der Waals surface area contributed by atoms with E-state index in [4.69, 9.17) is 9.84 Å². The number of nitrogens with zero attached hydrogens (tertiary/aromatic N) is 2. The lowest BCUT2D eigenvalue weighted by atomic mass is 10.3. The molecule has 0 aromatic carbocycles. The molecular weight excluding hydrogens is 300 g/mol. The predicted molar refractivity (Wildman–Crippen MR) is 71.2 cm³/mol. The van der Waals surface area contributed by atoms with Gasteiger partial charge in [-0.2, -0.15) is 0 Å². The van der Waals surface area contributed by atoms with E-state index in [2.05, 4.69) is 4.98 Å². The molecule has 0 saturated carbocycles. The van der Waals surface area contributed by atoms with Gasteiger partial charge in [-0.15, -0.1) is 0 Å². The second-order valence-electron chi connectivity index (χ2n) is 4.74. The highest BCUT2D eigenvalue weighted by Gasteiger charge is 2.27. The molecule has 9 heteroatoms.